The molecule has 6 heteroatoms. The van der Waals surface area contributed by atoms with Crippen LogP contribution in [-0.2, 0) is 0 Å². The number of hydrogen-bond acceptors (Lipinski definition) is 4. The Kier molecular flexibility index (Phi) is 3.93. The second kappa shape index (κ2) is 5.46. The summed E-state index contributed by atoms with van der Waals surface area (Å²) in [5.74, 6) is -0.397. The molecule has 0 amide bonds. The summed E-state index contributed by atoms with van der Waals surface area (Å²) < 4.78 is 13.5. The van der Waals surface area contributed by atoms with Gasteiger partial charge in [0.15, 0.2) is 0 Å². The third-order valence-corrected chi connectivity index (χ3v) is 3.66. The van der Waals surface area contributed by atoms with E-state index < -0.39 is 5.82 Å². The van der Waals surface area contributed by atoms with Crippen LogP contribution in [0.4, 0.5) is 9.52 Å². The molecule has 1 aromatic heterocycles. The molecule has 2 rings (SSSR count). The first-order valence-electron chi connectivity index (χ1n) is 5.23. The number of benzene rings is 1. The third kappa shape index (κ3) is 2.86. The third-order valence-electron chi connectivity index (χ3n) is 2.29. The van der Waals surface area contributed by atoms with E-state index in [4.69, 9.17) is 11.6 Å². The van der Waals surface area contributed by atoms with Crippen LogP contribution in [0.3, 0.4) is 0 Å². The van der Waals surface area contributed by atoms with Crippen molar-refractivity contribution in [2.24, 2.45) is 5.10 Å². The first kappa shape index (κ1) is 13.0. The van der Waals surface area contributed by atoms with Gasteiger partial charge in [0.2, 0.25) is 5.13 Å². The number of hydrazone groups is 1. The van der Waals surface area contributed by atoms with Crippen LogP contribution in [0.1, 0.15) is 16.8 Å². The van der Waals surface area contributed by atoms with Crippen molar-refractivity contribution in [1.29, 1.82) is 0 Å². The van der Waals surface area contributed by atoms with Crippen LogP contribution in [-0.4, -0.2) is 11.2 Å². The maximum absolute atomic E-state index is 13.5. The molecule has 1 heterocycles. The van der Waals surface area contributed by atoms with E-state index in [2.05, 4.69) is 15.5 Å². The smallest absolute Gasteiger partial charge is 0.203 e. The Morgan fingerprint density at radius 1 is 1.44 bits per heavy atom. The summed E-state index contributed by atoms with van der Waals surface area (Å²) >= 11 is 7.45. The Labute approximate surface area is 113 Å². The molecule has 1 aromatic carbocycles. The van der Waals surface area contributed by atoms with E-state index in [1.807, 2.05) is 19.2 Å². The molecule has 0 saturated heterocycles. The van der Waals surface area contributed by atoms with Crippen molar-refractivity contribution in [3.8, 4) is 0 Å². The van der Waals surface area contributed by atoms with Crippen LogP contribution in [0.2, 0.25) is 5.02 Å². The zero-order valence-electron chi connectivity index (χ0n) is 9.87. The summed E-state index contributed by atoms with van der Waals surface area (Å²) in [6.07, 6.45) is 1.36. The van der Waals surface area contributed by atoms with Crippen molar-refractivity contribution >= 4 is 34.3 Å². The highest BCUT2D eigenvalue weighted by Crippen LogP contribution is 2.22. The minimum absolute atomic E-state index is 0.275. The van der Waals surface area contributed by atoms with Crippen LogP contribution < -0.4 is 5.43 Å². The fourth-order valence-electron chi connectivity index (χ4n) is 1.35. The van der Waals surface area contributed by atoms with E-state index >= 15 is 0 Å². The summed E-state index contributed by atoms with van der Waals surface area (Å²) in [6.45, 7) is 3.71. The average Bonchev–Trinajstić information content (AvgIpc) is 2.74. The minimum Gasteiger partial charge on any atom is -0.253 e. The molecule has 0 aliphatic carbocycles. The maximum Gasteiger partial charge on any atom is 0.203 e. The predicted octanol–water partition coefficient (Wildman–Crippen LogP) is 4.00. The largest absolute Gasteiger partial charge is 0.253 e. The molecule has 94 valence electrons. The molecule has 0 saturated carbocycles. The van der Waals surface area contributed by atoms with Crippen LogP contribution in [0.25, 0.3) is 0 Å². The summed E-state index contributed by atoms with van der Waals surface area (Å²) in [7, 11) is 0. The molecule has 0 radical (unpaired) electrons. The van der Waals surface area contributed by atoms with Crippen molar-refractivity contribution in [3.05, 3.63) is 45.2 Å². The molecule has 18 heavy (non-hydrogen) atoms. The number of aromatic nitrogens is 1. The number of aryl methyl sites for hydroxylation is 2. The van der Waals surface area contributed by atoms with Gasteiger partial charge >= 0.3 is 0 Å². The van der Waals surface area contributed by atoms with Gasteiger partial charge in [0.05, 0.1) is 16.9 Å². The van der Waals surface area contributed by atoms with Crippen molar-refractivity contribution in [2.75, 3.05) is 5.43 Å². The Morgan fingerprint density at radius 2 is 2.22 bits per heavy atom. The van der Waals surface area contributed by atoms with Crippen LogP contribution in [0, 0.1) is 19.7 Å². The summed E-state index contributed by atoms with van der Waals surface area (Å²) in [4.78, 5) is 4.17. The quantitative estimate of drug-likeness (QED) is 0.683. The molecule has 0 atom stereocenters. The number of hydrogen-bond donors (Lipinski definition) is 1. The fraction of sp³-hybridized carbons (Fsp3) is 0.167. The van der Waals surface area contributed by atoms with Crippen molar-refractivity contribution in [1.82, 2.24) is 4.98 Å². The average molecular weight is 284 g/mol. The first-order valence-corrected chi connectivity index (χ1v) is 6.49. The van der Waals surface area contributed by atoms with Gasteiger partial charge in [-0.25, -0.2) is 9.37 Å². The molecule has 3 nitrogen and oxygen atoms in total. The molecular weight excluding hydrogens is 273 g/mol. The highest BCUT2D eigenvalue weighted by molar-refractivity contribution is 7.13. The van der Waals surface area contributed by atoms with Crippen LogP contribution >= 0.6 is 22.9 Å². The molecular formula is C12H11ClFN3S. The summed E-state index contributed by atoms with van der Waals surface area (Å²) in [5, 5.41) is 6.87. The molecule has 0 aliphatic rings. The molecule has 0 unspecified atom stereocenters. The highest BCUT2D eigenvalue weighted by Gasteiger charge is 2.07. The van der Waals surface area contributed by atoms with Gasteiger partial charge in [0.1, 0.15) is 5.82 Å². The number of rotatable bonds is 3. The van der Waals surface area contributed by atoms with Gasteiger partial charge < -0.3 is 0 Å². The minimum atomic E-state index is -0.397. The van der Waals surface area contributed by atoms with Gasteiger partial charge in [-0.1, -0.05) is 17.7 Å². The number of thiazole rings is 1. The predicted molar refractivity (Wildman–Crippen MR) is 74.2 cm³/mol. The normalized spacial score (nSPS) is 11.1. The number of halogens is 2. The van der Waals surface area contributed by atoms with E-state index in [1.54, 1.807) is 6.07 Å². The van der Waals surface area contributed by atoms with Gasteiger partial charge in [-0.2, -0.15) is 5.10 Å². The number of anilines is 1. The van der Waals surface area contributed by atoms with E-state index in [0.29, 0.717) is 10.2 Å². The standard InChI is InChI=1S/C12H11ClFN3S/c1-7-3-4-10(14)9(11(7)13)5-15-17-12-16-8(2)6-18-12/h3-6H,1-2H3,(H,16,17). The molecule has 0 fully saturated rings. The molecule has 1 N–H and O–H groups in total. The zero-order chi connectivity index (χ0) is 13.1. The first-order chi connectivity index (χ1) is 8.58. The Morgan fingerprint density at radius 3 is 2.89 bits per heavy atom. The van der Waals surface area contributed by atoms with Crippen LogP contribution in [0.15, 0.2) is 22.6 Å². The Balaban J connectivity index is 2.16. The maximum atomic E-state index is 13.5. The van der Waals surface area contributed by atoms with Gasteiger partial charge in [-0.15, -0.1) is 11.3 Å². The van der Waals surface area contributed by atoms with Gasteiger partial charge in [-0.3, -0.25) is 5.43 Å². The summed E-state index contributed by atoms with van der Waals surface area (Å²) in [6, 6.07) is 3.00. The van der Waals surface area contributed by atoms with Gasteiger partial charge in [-0.05, 0) is 25.5 Å². The Hall–Kier alpha value is -1.46. The van der Waals surface area contributed by atoms with E-state index in [9.17, 15) is 4.39 Å². The van der Waals surface area contributed by atoms with Crippen molar-refractivity contribution in [2.45, 2.75) is 13.8 Å². The lowest BCUT2D eigenvalue weighted by Crippen LogP contribution is -1.95. The van der Waals surface area contributed by atoms with Crippen LogP contribution in [0.5, 0.6) is 0 Å². The molecule has 2 aromatic rings. The molecule has 0 bridgehead atoms. The van der Waals surface area contributed by atoms with Gasteiger partial charge in [0.25, 0.3) is 0 Å². The SMILES string of the molecule is Cc1csc(NN=Cc2c(F)ccc(C)c2Cl)n1. The molecule has 0 aliphatic heterocycles. The van der Waals surface area contributed by atoms with Crippen molar-refractivity contribution < 1.29 is 4.39 Å². The Bertz CT molecular complexity index is 595. The highest BCUT2D eigenvalue weighted by atomic mass is 35.5. The lowest BCUT2D eigenvalue weighted by Gasteiger charge is -2.03. The van der Waals surface area contributed by atoms with E-state index in [1.165, 1.54) is 23.6 Å². The van der Waals surface area contributed by atoms with E-state index in [0.717, 1.165) is 11.3 Å². The fourth-order valence-corrected chi connectivity index (χ4v) is 2.19. The zero-order valence-corrected chi connectivity index (χ0v) is 11.4. The van der Waals surface area contributed by atoms with E-state index in [-0.39, 0.29) is 5.56 Å². The van der Waals surface area contributed by atoms with Crippen molar-refractivity contribution in [3.63, 3.8) is 0 Å². The topological polar surface area (TPSA) is 37.3 Å². The second-order valence-electron chi connectivity index (χ2n) is 3.76. The lowest BCUT2D eigenvalue weighted by molar-refractivity contribution is 0.625. The lowest BCUT2D eigenvalue weighted by atomic mass is 10.1. The summed E-state index contributed by atoms with van der Waals surface area (Å²) in [5.41, 5.74) is 4.74. The second-order valence-corrected chi connectivity index (χ2v) is 4.99. The molecule has 0 spiro atoms. The van der Waals surface area contributed by atoms with Gasteiger partial charge in [0, 0.05) is 10.9 Å². The monoisotopic (exact) mass is 283 g/mol. The number of nitrogens with zero attached hydrogens (tertiary/aromatic N) is 2. The number of nitrogens with one attached hydrogen (secondary N) is 1.